The fourth-order valence-electron chi connectivity index (χ4n) is 2.86. The van der Waals surface area contributed by atoms with Gasteiger partial charge in [-0.05, 0) is 37.9 Å². The van der Waals surface area contributed by atoms with Gasteiger partial charge < -0.3 is 14.9 Å². The summed E-state index contributed by atoms with van der Waals surface area (Å²) in [6.45, 7) is 3.05. The van der Waals surface area contributed by atoms with Crippen molar-refractivity contribution >= 4 is 11.7 Å². The van der Waals surface area contributed by atoms with Gasteiger partial charge in [0.05, 0.1) is 0 Å². The van der Waals surface area contributed by atoms with Gasteiger partial charge in [0.15, 0.2) is 0 Å². The number of hydrogen-bond acceptors (Lipinski definition) is 3. The van der Waals surface area contributed by atoms with Crippen LogP contribution >= 0.6 is 0 Å². The fourth-order valence-corrected chi connectivity index (χ4v) is 2.86. The normalized spacial score (nSPS) is 17.1. The lowest BCUT2D eigenvalue weighted by Crippen LogP contribution is -2.43. The Morgan fingerprint density at radius 1 is 1.30 bits per heavy atom. The predicted molar refractivity (Wildman–Crippen MR) is 81.2 cm³/mol. The molecule has 0 atom stereocenters. The molecule has 1 fully saturated rings. The van der Waals surface area contributed by atoms with Gasteiger partial charge in [-0.2, -0.15) is 0 Å². The van der Waals surface area contributed by atoms with Crippen LogP contribution in [0.2, 0.25) is 0 Å². The van der Waals surface area contributed by atoms with Crippen LogP contribution in [0.1, 0.15) is 25.7 Å². The lowest BCUT2D eigenvalue weighted by molar-refractivity contribution is -0.137. The maximum atomic E-state index is 10.5. The molecule has 0 unspecified atom stereocenters. The van der Waals surface area contributed by atoms with Crippen molar-refractivity contribution in [2.45, 2.75) is 31.7 Å². The maximum absolute atomic E-state index is 10.5. The van der Waals surface area contributed by atoms with Crippen molar-refractivity contribution in [1.82, 2.24) is 4.90 Å². The predicted octanol–water partition coefficient (Wildman–Crippen LogP) is 2.45. The van der Waals surface area contributed by atoms with Gasteiger partial charge in [-0.15, -0.1) is 0 Å². The van der Waals surface area contributed by atoms with Crippen LogP contribution in [0.4, 0.5) is 5.69 Å². The van der Waals surface area contributed by atoms with Crippen molar-refractivity contribution in [1.29, 1.82) is 0 Å². The van der Waals surface area contributed by atoms with E-state index in [9.17, 15) is 4.79 Å². The van der Waals surface area contributed by atoms with E-state index >= 15 is 0 Å². The molecule has 1 aromatic rings. The number of carboxylic acids is 1. The Kier molecular flexibility index (Phi) is 5.41. The van der Waals surface area contributed by atoms with E-state index in [2.05, 4.69) is 41.1 Å². The summed E-state index contributed by atoms with van der Waals surface area (Å²) in [6.07, 6.45) is 3.34. The van der Waals surface area contributed by atoms with E-state index in [1.165, 1.54) is 5.69 Å². The first-order valence-corrected chi connectivity index (χ1v) is 7.39. The number of likely N-dealkylation sites (tertiary alicyclic amines) is 1. The first kappa shape index (κ1) is 14.9. The SMILES string of the molecule is CN(c1ccccc1)C1CCN(CCCC(=O)O)CC1. The van der Waals surface area contributed by atoms with E-state index in [4.69, 9.17) is 5.11 Å². The number of para-hydroxylation sites is 1. The number of aliphatic carboxylic acids is 1. The zero-order valence-corrected chi connectivity index (χ0v) is 12.2. The van der Waals surface area contributed by atoms with Crippen LogP contribution in [0, 0.1) is 0 Å². The summed E-state index contributed by atoms with van der Waals surface area (Å²) in [5.41, 5.74) is 1.27. The molecule has 0 aliphatic carbocycles. The van der Waals surface area contributed by atoms with Gasteiger partial charge in [0.2, 0.25) is 0 Å². The molecule has 0 radical (unpaired) electrons. The van der Waals surface area contributed by atoms with Crippen molar-refractivity contribution in [2.24, 2.45) is 0 Å². The minimum atomic E-state index is -0.691. The van der Waals surface area contributed by atoms with Crippen molar-refractivity contribution in [2.75, 3.05) is 31.6 Å². The molecular weight excluding hydrogens is 252 g/mol. The van der Waals surface area contributed by atoms with E-state index in [0.717, 1.165) is 38.9 Å². The first-order valence-electron chi connectivity index (χ1n) is 7.39. The topological polar surface area (TPSA) is 43.8 Å². The minimum Gasteiger partial charge on any atom is -0.481 e. The van der Waals surface area contributed by atoms with Crippen molar-refractivity contribution < 1.29 is 9.90 Å². The van der Waals surface area contributed by atoms with Gasteiger partial charge in [0, 0.05) is 38.3 Å². The number of piperidine rings is 1. The van der Waals surface area contributed by atoms with Crippen LogP contribution in [0.3, 0.4) is 0 Å². The molecular formula is C16H24N2O2. The molecule has 1 N–H and O–H groups in total. The van der Waals surface area contributed by atoms with Crippen LogP contribution in [0.25, 0.3) is 0 Å². The zero-order chi connectivity index (χ0) is 14.4. The largest absolute Gasteiger partial charge is 0.481 e. The standard InChI is InChI=1S/C16H24N2O2/c1-17(14-6-3-2-4-7-14)15-9-12-18(13-10-15)11-5-8-16(19)20/h2-4,6-7,15H,5,8-13H2,1H3,(H,19,20). The number of carbonyl (C=O) groups is 1. The Morgan fingerprint density at radius 3 is 2.55 bits per heavy atom. The number of rotatable bonds is 6. The summed E-state index contributed by atoms with van der Waals surface area (Å²) in [5, 5.41) is 8.66. The van der Waals surface area contributed by atoms with Gasteiger partial charge in [-0.25, -0.2) is 0 Å². The molecule has 2 rings (SSSR count). The monoisotopic (exact) mass is 276 g/mol. The van der Waals surface area contributed by atoms with Crippen molar-refractivity contribution in [3.05, 3.63) is 30.3 Å². The van der Waals surface area contributed by atoms with E-state index < -0.39 is 5.97 Å². The highest BCUT2D eigenvalue weighted by Gasteiger charge is 2.22. The van der Waals surface area contributed by atoms with Crippen LogP contribution in [0.15, 0.2) is 30.3 Å². The summed E-state index contributed by atoms with van der Waals surface area (Å²) in [7, 11) is 2.17. The molecule has 1 aliphatic rings. The number of nitrogens with zero attached hydrogens (tertiary/aromatic N) is 2. The number of anilines is 1. The molecule has 0 saturated carbocycles. The Bertz CT molecular complexity index is 414. The Morgan fingerprint density at radius 2 is 1.95 bits per heavy atom. The highest BCUT2D eigenvalue weighted by Crippen LogP contribution is 2.21. The second-order valence-electron chi connectivity index (χ2n) is 5.52. The van der Waals surface area contributed by atoms with Crippen molar-refractivity contribution in [3.8, 4) is 0 Å². The van der Waals surface area contributed by atoms with Gasteiger partial charge in [0.1, 0.15) is 0 Å². The summed E-state index contributed by atoms with van der Waals surface area (Å²) in [6, 6.07) is 11.1. The fraction of sp³-hybridized carbons (Fsp3) is 0.562. The third kappa shape index (κ3) is 4.23. The highest BCUT2D eigenvalue weighted by molar-refractivity contribution is 5.66. The Hall–Kier alpha value is -1.55. The van der Waals surface area contributed by atoms with Gasteiger partial charge in [-0.1, -0.05) is 18.2 Å². The quantitative estimate of drug-likeness (QED) is 0.867. The molecule has 1 heterocycles. The molecule has 110 valence electrons. The Labute approximate surface area is 121 Å². The van der Waals surface area contributed by atoms with E-state index in [1.807, 2.05) is 6.07 Å². The number of benzene rings is 1. The lowest BCUT2D eigenvalue weighted by atomic mass is 10.0. The summed E-state index contributed by atoms with van der Waals surface area (Å²) >= 11 is 0. The average Bonchev–Trinajstić information content (AvgIpc) is 2.48. The average molecular weight is 276 g/mol. The minimum absolute atomic E-state index is 0.282. The van der Waals surface area contributed by atoms with Crippen LogP contribution in [-0.2, 0) is 4.79 Å². The third-order valence-corrected chi connectivity index (χ3v) is 4.13. The van der Waals surface area contributed by atoms with E-state index in [-0.39, 0.29) is 6.42 Å². The third-order valence-electron chi connectivity index (χ3n) is 4.13. The van der Waals surface area contributed by atoms with Gasteiger partial charge in [-0.3, -0.25) is 4.79 Å². The van der Waals surface area contributed by atoms with Crippen LogP contribution in [0.5, 0.6) is 0 Å². The van der Waals surface area contributed by atoms with E-state index in [1.54, 1.807) is 0 Å². The highest BCUT2D eigenvalue weighted by atomic mass is 16.4. The molecule has 0 amide bonds. The first-order chi connectivity index (χ1) is 9.66. The maximum Gasteiger partial charge on any atom is 0.303 e. The smallest absolute Gasteiger partial charge is 0.303 e. The van der Waals surface area contributed by atoms with Gasteiger partial charge >= 0.3 is 5.97 Å². The van der Waals surface area contributed by atoms with Crippen LogP contribution in [-0.4, -0.2) is 48.7 Å². The summed E-state index contributed by atoms with van der Waals surface area (Å²) in [4.78, 5) is 15.3. The summed E-state index contributed by atoms with van der Waals surface area (Å²) < 4.78 is 0. The second-order valence-corrected chi connectivity index (χ2v) is 5.52. The molecule has 4 heteroatoms. The van der Waals surface area contributed by atoms with Crippen LogP contribution < -0.4 is 4.90 Å². The number of hydrogen-bond donors (Lipinski definition) is 1. The zero-order valence-electron chi connectivity index (χ0n) is 12.2. The molecule has 0 aromatic heterocycles. The van der Waals surface area contributed by atoms with Crippen molar-refractivity contribution in [3.63, 3.8) is 0 Å². The summed E-state index contributed by atoms with van der Waals surface area (Å²) in [5.74, 6) is -0.691. The van der Waals surface area contributed by atoms with E-state index in [0.29, 0.717) is 6.04 Å². The van der Waals surface area contributed by atoms with Gasteiger partial charge in [0.25, 0.3) is 0 Å². The molecule has 1 saturated heterocycles. The molecule has 1 aliphatic heterocycles. The molecule has 0 bridgehead atoms. The number of carboxylic acid groups (broad SMARTS) is 1. The molecule has 1 aromatic carbocycles. The molecule has 0 spiro atoms. The second kappa shape index (κ2) is 7.29. The lowest BCUT2D eigenvalue weighted by Gasteiger charge is -2.37. The molecule has 20 heavy (non-hydrogen) atoms. The Balaban J connectivity index is 1.75. The molecule has 4 nitrogen and oxygen atoms in total.